The molecule has 3 heteroatoms. The fourth-order valence-electron chi connectivity index (χ4n) is 1.83. The van der Waals surface area contributed by atoms with Gasteiger partial charge in [-0.3, -0.25) is 0 Å². The number of rotatable bonds is 8. The number of hydrogen-bond acceptors (Lipinski definition) is 2. The largest absolute Gasteiger partial charge is 0.393 e. The summed E-state index contributed by atoms with van der Waals surface area (Å²) in [7, 11) is 2.17. The minimum atomic E-state index is 0.641. The predicted octanol–water partition coefficient (Wildman–Crippen LogP) is 2.96. The summed E-state index contributed by atoms with van der Waals surface area (Å²) >= 11 is 4.85. The highest BCUT2D eigenvalue weighted by Gasteiger charge is 1.99. The first kappa shape index (κ1) is 14.1. The molecule has 0 heterocycles. The van der Waals surface area contributed by atoms with E-state index in [0.717, 1.165) is 25.9 Å². The Labute approximate surface area is 110 Å². The van der Waals surface area contributed by atoms with Crippen molar-refractivity contribution in [2.75, 3.05) is 13.6 Å². The van der Waals surface area contributed by atoms with E-state index >= 15 is 0 Å². The zero-order chi connectivity index (χ0) is 12.5. The van der Waals surface area contributed by atoms with Crippen LogP contribution < -0.4 is 5.73 Å². The van der Waals surface area contributed by atoms with E-state index in [1.807, 2.05) is 0 Å². The molecule has 0 saturated carbocycles. The van der Waals surface area contributed by atoms with Crippen molar-refractivity contribution in [2.45, 2.75) is 32.2 Å². The number of unbranched alkanes of at least 4 members (excludes halogenated alkanes) is 2. The predicted molar refractivity (Wildman–Crippen MR) is 78.0 cm³/mol. The van der Waals surface area contributed by atoms with Gasteiger partial charge in [-0.05, 0) is 38.4 Å². The number of benzene rings is 1. The molecular weight excluding hydrogens is 228 g/mol. The Bertz CT molecular complexity index is 324. The number of nitrogens with two attached hydrogens (primary N) is 1. The molecule has 1 aromatic rings. The number of hydrogen-bond donors (Lipinski definition) is 1. The molecule has 0 aromatic heterocycles. The van der Waals surface area contributed by atoms with Gasteiger partial charge in [0.15, 0.2) is 0 Å². The van der Waals surface area contributed by atoms with E-state index in [2.05, 4.69) is 42.3 Å². The standard InChI is InChI=1S/C14H22N2S/c1-16(11-7-3-6-10-14(15)17)12-13-8-4-2-5-9-13/h2,4-5,8-9H,3,6-7,10-12H2,1H3,(H2,15,17). The van der Waals surface area contributed by atoms with Crippen molar-refractivity contribution in [3.05, 3.63) is 35.9 Å². The maximum atomic E-state index is 5.46. The van der Waals surface area contributed by atoms with Crippen molar-refractivity contribution >= 4 is 17.2 Å². The third-order valence-corrected chi connectivity index (χ3v) is 2.96. The summed E-state index contributed by atoms with van der Waals surface area (Å²) in [6, 6.07) is 10.6. The molecule has 2 nitrogen and oxygen atoms in total. The van der Waals surface area contributed by atoms with E-state index < -0.39 is 0 Å². The van der Waals surface area contributed by atoms with E-state index in [0.29, 0.717) is 4.99 Å². The summed E-state index contributed by atoms with van der Waals surface area (Å²) in [4.78, 5) is 3.00. The Morgan fingerprint density at radius 1 is 1.18 bits per heavy atom. The lowest BCUT2D eigenvalue weighted by atomic mass is 10.1. The second-order valence-electron chi connectivity index (χ2n) is 4.50. The molecule has 0 atom stereocenters. The summed E-state index contributed by atoms with van der Waals surface area (Å²) in [5.74, 6) is 0. The molecule has 1 aromatic carbocycles. The smallest absolute Gasteiger partial charge is 0.0727 e. The van der Waals surface area contributed by atoms with E-state index in [9.17, 15) is 0 Å². The molecule has 94 valence electrons. The molecule has 2 N–H and O–H groups in total. The van der Waals surface area contributed by atoms with Crippen LogP contribution >= 0.6 is 12.2 Å². The highest BCUT2D eigenvalue weighted by atomic mass is 32.1. The normalized spacial score (nSPS) is 10.7. The lowest BCUT2D eigenvalue weighted by Crippen LogP contribution is -2.19. The molecule has 0 aliphatic heterocycles. The van der Waals surface area contributed by atoms with Gasteiger partial charge in [-0.25, -0.2) is 0 Å². The maximum absolute atomic E-state index is 5.46. The van der Waals surface area contributed by atoms with Gasteiger partial charge in [0.2, 0.25) is 0 Å². The van der Waals surface area contributed by atoms with Gasteiger partial charge in [0.1, 0.15) is 0 Å². The summed E-state index contributed by atoms with van der Waals surface area (Å²) in [5, 5.41) is 0. The first-order valence-corrected chi connectivity index (χ1v) is 6.60. The summed E-state index contributed by atoms with van der Waals surface area (Å²) in [6.45, 7) is 2.16. The Morgan fingerprint density at radius 2 is 1.88 bits per heavy atom. The third-order valence-electron chi connectivity index (χ3n) is 2.76. The van der Waals surface area contributed by atoms with Crippen molar-refractivity contribution in [3.8, 4) is 0 Å². The Kier molecular flexibility index (Phi) is 6.82. The van der Waals surface area contributed by atoms with Crippen molar-refractivity contribution in [1.29, 1.82) is 0 Å². The van der Waals surface area contributed by atoms with Crippen LogP contribution in [0, 0.1) is 0 Å². The first-order valence-electron chi connectivity index (χ1n) is 6.19. The molecular formula is C14H22N2S. The van der Waals surface area contributed by atoms with Crippen LogP contribution in [-0.4, -0.2) is 23.5 Å². The number of nitrogens with zero attached hydrogens (tertiary/aromatic N) is 1. The second-order valence-corrected chi connectivity index (χ2v) is 5.02. The second kappa shape index (κ2) is 8.20. The molecule has 0 spiro atoms. The average molecular weight is 250 g/mol. The van der Waals surface area contributed by atoms with Gasteiger partial charge in [-0.1, -0.05) is 49.0 Å². The quantitative estimate of drug-likeness (QED) is 0.568. The van der Waals surface area contributed by atoms with Crippen LogP contribution in [0.3, 0.4) is 0 Å². The highest BCUT2D eigenvalue weighted by Crippen LogP contribution is 2.05. The Hall–Kier alpha value is -0.930. The molecule has 17 heavy (non-hydrogen) atoms. The minimum Gasteiger partial charge on any atom is -0.393 e. The zero-order valence-electron chi connectivity index (χ0n) is 10.6. The molecule has 0 fully saturated rings. The van der Waals surface area contributed by atoms with E-state index in [1.165, 1.54) is 18.4 Å². The maximum Gasteiger partial charge on any atom is 0.0727 e. The molecule has 0 radical (unpaired) electrons. The Balaban J connectivity index is 2.09. The van der Waals surface area contributed by atoms with Gasteiger partial charge in [-0.2, -0.15) is 0 Å². The average Bonchev–Trinajstić information content (AvgIpc) is 2.29. The van der Waals surface area contributed by atoms with Gasteiger partial charge < -0.3 is 10.6 Å². The van der Waals surface area contributed by atoms with E-state index in [-0.39, 0.29) is 0 Å². The summed E-state index contributed by atoms with van der Waals surface area (Å²) < 4.78 is 0. The highest BCUT2D eigenvalue weighted by molar-refractivity contribution is 7.80. The van der Waals surface area contributed by atoms with Crippen LogP contribution in [-0.2, 0) is 6.54 Å². The molecule has 0 saturated heterocycles. The summed E-state index contributed by atoms with van der Waals surface area (Å²) in [6.07, 6.45) is 4.43. The molecule has 0 bridgehead atoms. The lowest BCUT2D eigenvalue weighted by molar-refractivity contribution is 0.317. The van der Waals surface area contributed by atoms with Gasteiger partial charge >= 0.3 is 0 Å². The molecule has 0 amide bonds. The zero-order valence-corrected chi connectivity index (χ0v) is 11.4. The van der Waals surface area contributed by atoms with E-state index in [4.69, 9.17) is 18.0 Å². The van der Waals surface area contributed by atoms with Crippen LogP contribution in [0.1, 0.15) is 31.2 Å². The van der Waals surface area contributed by atoms with Gasteiger partial charge in [-0.15, -0.1) is 0 Å². The van der Waals surface area contributed by atoms with Gasteiger partial charge in [0.05, 0.1) is 4.99 Å². The molecule has 1 rings (SSSR count). The molecule has 0 unspecified atom stereocenters. The van der Waals surface area contributed by atoms with Crippen LogP contribution in [0.5, 0.6) is 0 Å². The first-order chi connectivity index (χ1) is 8.18. The monoisotopic (exact) mass is 250 g/mol. The van der Waals surface area contributed by atoms with E-state index in [1.54, 1.807) is 0 Å². The van der Waals surface area contributed by atoms with Crippen LogP contribution in [0.2, 0.25) is 0 Å². The minimum absolute atomic E-state index is 0.641. The van der Waals surface area contributed by atoms with Crippen LogP contribution in [0.4, 0.5) is 0 Å². The van der Waals surface area contributed by atoms with Crippen molar-refractivity contribution < 1.29 is 0 Å². The fourth-order valence-corrected chi connectivity index (χ4v) is 1.98. The summed E-state index contributed by atoms with van der Waals surface area (Å²) in [5.41, 5.74) is 6.83. The van der Waals surface area contributed by atoms with Crippen molar-refractivity contribution in [2.24, 2.45) is 5.73 Å². The molecule has 0 aliphatic rings. The Morgan fingerprint density at radius 3 is 2.53 bits per heavy atom. The lowest BCUT2D eigenvalue weighted by Gasteiger charge is -2.16. The fraction of sp³-hybridized carbons (Fsp3) is 0.500. The third kappa shape index (κ3) is 7.08. The SMILES string of the molecule is CN(CCCCCC(N)=S)Cc1ccccc1. The van der Waals surface area contributed by atoms with Crippen LogP contribution in [0.25, 0.3) is 0 Å². The van der Waals surface area contributed by atoms with Gasteiger partial charge in [0, 0.05) is 6.54 Å². The van der Waals surface area contributed by atoms with Gasteiger partial charge in [0.25, 0.3) is 0 Å². The van der Waals surface area contributed by atoms with Crippen molar-refractivity contribution in [3.63, 3.8) is 0 Å². The van der Waals surface area contributed by atoms with Crippen molar-refractivity contribution in [1.82, 2.24) is 4.90 Å². The number of thiocarbonyl (C=S) groups is 1. The molecule has 0 aliphatic carbocycles. The topological polar surface area (TPSA) is 29.3 Å². The van der Waals surface area contributed by atoms with Crippen LogP contribution in [0.15, 0.2) is 30.3 Å².